The topological polar surface area (TPSA) is 66.9 Å². The first-order valence-corrected chi connectivity index (χ1v) is 8.33. The number of fused-ring (bicyclic) bond motifs is 1. The van der Waals surface area contributed by atoms with Crippen molar-refractivity contribution >= 4 is 34.0 Å². The predicted octanol–water partition coefficient (Wildman–Crippen LogP) is 4.76. The number of benzene rings is 2. The lowest BCUT2D eigenvalue weighted by atomic mass is 10.1. The van der Waals surface area contributed by atoms with Gasteiger partial charge < -0.3 is 10.6 Å². The van der Waals surface area contributed by atoms with Gasteiger partial charge in [-0.05, 0) is 48.5 Å². The third-order valence-electron chi connectivity index (χ3n) is 4.02. The first-order valence-electron chi connectivity index (χ1n) is 8.33. The lowest BCUT2D eigenvalue weighted by Gasteiger charge is -2.10. The minimum Gasteiger partial charge on any atom is -0.340 e. The fraction of sp³-hybridized carbons (Fsp3) is 0. The van der Waals surface area contributed by atoms with Gasteiger partial charge in [-0.25, -0.2) is 9.37 Å². The first kappa shape index (κ1) is 16.7. The Morgan fingerprint density at radius 3 is 2.56 bits per heavy atom. The molecule has 0 bridgehead atoms. The number of amides is 1. The van der Waals surface area contributed by atoms with Gasteiger partial charge in [-0.2, -0.15) is 0 Å². The zero-order valence-corrected chi connectivity index (χ0v) is 14.2. The summed E-state index contributed by atoms with van der Waals surface area (Å²) in [6, 6.07) is 18.6. The molecule has 0 radical (unpaired) electrons. The van der Waals surface area contributed by atoms with E-state index in [0.29, 0.717) is 22.8 Å². The smallest absolute Gasteiger partial charge is 0.255 e. The number of anilines is 3. The summed E-state index contributed by atoms with van der Waals surface area (Å²) in [6.07, 6.45) is 3.23. The molecule has 5 nitrogen and oxygen atoms in total. The van der Waals surface area contributed by atoms with Crippen LogP contribution in [-0.4, -0.2) is 15.9 Å². The van der Waals surface area contributed by atoms with Gasteiger partial charge in [0.05, 0.1) is 11.2 Å². The Hall–Kier alpha value is -3.80. The lowest BCUT2D eigenvalue weighted by Crippen LogP contribution is -2.13. The summed E-state index contributed by atoms with van der Waals surface area (Å²) >= 11 is 0. The normalized spacial score (nSPS) is 10.6. The highest BCUT2D eigenvalue weighted by Crippen LogP contribution is 2.22. The van der Waals surface area contributed by atoms with Crippen LogP contribution >= 0.6 is 0 Å². The number of para-hydroxylation sites is 1. The molecule has 2 aromatic carbocycles. The number of rotatable bonds is 4. The Morgan fingerprint density at radius 2 is 1.70 bits per heavy atom. The molecule has 4 rings (SSSR count). The summed E-state index contributed by atoms with van der Waals surface area (Å²) in [6.45, 7) is 0. The Bertz CT molecular complexity index is 1110. The van der Waals surface area contributed by atoms with E-state index < -0.39 is 0 Å². The van der Waals surface area contributed by atoms with Crippen molar-refractivity contribution in [3.05, 3.63) is 90.5 Å². The maximum absolute atomic E-state index is 13.0. The van der Waals surface area contributed by atoms with Crippen LogP contribution < -0.4 is 10.6 Å². The monoisotopic (exact) mass is 358 g/mol. The average molecular weight is 358 g/mol. The number of hydrogen-bond donors (Lipinski definition) is 2. The zero-order chi connectivity index (χ0) is 18.6. The minimum atomic E-state index is -0.315. The molecule has 2 N–H and O–H groups in total. The average Bonchev–Trinajstić information content (AvgIpc) is 2.70. The molecule has 0 aliphatic carbocycles. The number of nitrogens with one attached hydrogen (secondary N) is 2. The van der Waals surface area contributed by atoms with Gasteiger partial charge in [-0.3, -0.25) is 9.78 Å². The van der Waals surface area contributed by atoms with Crippen LogP contribution in [-0.2, 0) is 0 Å². The molecule has 0 unspecified atom stereocenters. The molecule has 0 aliphatic heterocycles. The highest BCUT2D eigenvalue weighted by molar-refractivity contribution is 6.08. The minimum absolute atomic E-state index is 0.266. The van der Waals surface area contributed by atoms with E-state index in [1.165, 1.54) is 12.1 Å². The maximum atomic E-state index is 13.0. The molecule has 2 heterocycles. The molecule has 27 heavy (non-hydrogen) atoms. The van der Waals surface area contributed by atoms with Crippen LogP contribution in [0.25, 0.3) is 10.9 Å². The number of aromatic nitrogens is 2. The van der Waals surface area contributed by atoms with Crippen LogP contribution in [0.3, 0.4) is 0 Å². The van der Waals surface area contributed by atoms with Crippen molar-refractivity contribution in [3.63, 3.8) is 0 Å². The summed E-state index contributed by atoms with van der Waals surface area (Å²) in [5.41, 5.74) is 2.50. The van der Waals surface area contributed by atoms with Crippen molar-refractivity contribution in [2.45, 2.75) is 0 Å². The Morgan fingerprint density at radius 1 is 0.889 bits per heavy atom. The molecule has 132 valence electrons. The Balaban J connectivity index is 1.56. The van der Waals surface area contributed by atoms with E-state index in [1.807, 2.05) is 30.3 Å². The van der Waals surface area contributed by atoms with Gasteiger partial charge in [0.1, 0.15) is 11.6 Å². The standard InChI is InChI=1S/C21H15FN4O/c22-16-6-8-17(9-7-16)25-19-13-15(10-12-23-19)21(27)26-18-5-1-3-14-4-2-11-24-20(14)18/h1-13H,(H,23,25)(H,26,27). The van der Waals surface area contributed by atoms with Crippen molar-refractivity contribution < 1.29 is 9.18 Å². The van der Waals surface area contributed by atoms with E-state index in [9.17, 15) is 9.18 Å². The molecule has 0 atom stereocenters. The number of carbonyl (C=O) groups excluding carboxylic acids is 1. The molecule has 1 amide bonds. The zero-order valence-electron chi connectivity index (χ0n) is 14.2. The van der Waals surface area contributed by atoms with Gasteiger partial charge in [0.25, 0.3) is 5.91 Å². The van der Waals surface area contributed by atoms with Crippen LogP contribution in [0.5, 0.6) is 0 Å². The number of carbonyl (C=O) groups is 1. The molecule has 6 heteroatoms. The fourth-order valence-corrected chi connectivity index (χ4v) is 2.72. The summed E-state index contributed by atoms with van der Waals surface area (Å²) in [7, 11) is 0. The molecule has 0 saturated heterocycles. The van der Waals surface area contributed by atoms with Gasteiger partial charge in [0, 0.05) is 29.0 Å². The van der Waals surface area contributed by atoms with Crippen LogP contribution in [0.2, 0.25) is 0 Å². The summed E-state index contributed by atoms with van der Waals surface area (Å²) in [4.78, 5) is 21.2. The largest absolute Gasteiger partial charge is 0.340 e. The molecule has 0 aliphatic rings. The van der Waals surface area contributed by atoms with Crippen LogP contribution in [0, 0.1) is 5.82 Å². The number of nitrogens with zero attached hydrogens (tertiary/aromatic N) is 2. The third kappa shape index (κ3) is 3.74. The lowest BCUT2D eigenvalue weighted by molar-refractivity contribution is 0.102. The van der Waals surface area contributed by atoms with Crippen molar-refractivity contribution in [2.75, 3.05) is 10.6 Å². The van der Waals surface area contributed by atoms with Crippen LogP contribution in [0.1, 0.15) is 10.4 Å². The molecule has 4 aromatic rings. The van der Waals surface area contributed by atoms with Gasteiger partial charge in [-0.1, -0.05) is 18.2 Å². The van der Waals surface area contributed by atoms with E-state index in [-0.39, 0.29) is 11.7 Å². The Kier molecular flexibility index (Phi) is 4.45. The van der Waals surface area contributed by atoms with Gasteiger partial charge in [0.2, 0.25) is 0 Å². The van der Waals surface area contributed by atoms with Gasteiger partial charge >= 0.3 is 0 Å². The van der Waals surface area contributed by atoms with E-state index in [2.05, 4.69) is 20.6 Å². The van der Waals surface area contributed by atoms with Gasteiger partial charge in [0.15, 0.2) is 0 Å². The molecule has 2 aromatic heterocycles. The van der Waals surface area contributed by atoms with E-state index in [4.69, 9.17) is 0 Å². The summed E-state index contributed by atoms with van der Waals surface area (Å²) in [5.74, 6) is -0.0895. The SMILES string of the molecule is O=C(Nc1cccc2cccnc12)c1ccnc(Nc2ccc(F)cc2)c1. The van der Waals surface area contributed by atoms with E-state index in [0.717, 1.165) is 10.9 Å². The van der Waals surface area contributed by atoms with Crippen molar-refractivity contribution in [1.29, 1.82) is 0 Å². The first-order chi connectivity index (χ1) is 13.2. The second kappa shape index (κ2) is 7.21. The molecule has 0 spiro atoms. The van der Waals surface area contributed by atoms with E-state index in [1.54, 1.807) is 36.7 Å². The number of hydrogen-bond acceptors (Lipinski definition) is 4. The molecular formula is C21H15FN4O. The molecular weight excluding hydrogens is 343 g/mol. The predicted molar refractivity (Wildman–Crippen MR) is 104 cm³/mol. The van der Waals surface area contributed by atoms with E-state index >= 15 is 0 Å². The van der Waals surface area contributed by atoms with Crippen molar-refractivity contribution in [2.24, 2.45) is 0 Å². The highest BCUT2D eigenvalue weighted by atomic mass is 19.1. The fourth-order valence-electron chi connectivity index (χ4n) is 2.72. The van der Waals surface area contributed by atoms with Gasteiger partial charge in [-0.15, -0.1) is 0 Å². The maximum Gasteiger partial charge on any atom is 0.255 e. The Labute approximate surface area is 154 Å². The van der Waals surface area contributed by atoms with Crippen molar-refractivity contribution in [3.8, 4) is 0 Å². The quantitative estimate of drug-likeness (QED) is 0.552. The highest BCUT2D eigenvalue weighted by Gasteiger charge is 2.10. The molecule has 0 fully saturated rings. The summed E-state index contributed by atoms with van der Waals surface area (Å²) < 4.78 is 13.0. The van der Waals surface area contributed by atoms with Crippen molar-refractivity contribution in [1.82, 2.24) is 9.97 Å². The molecule has 0 saturated carbocycles. The van der Waals surface area contributed by atoms with Crippen LogP contribution in [0.15, 0.2) is 79.1 Å². The number of pyridine rings is 2. The third-order valence-corrected chi connectivity index (χ3v) is 4.02. The van der Waals surface area contributed by atoms with Crippen LogP contribution in [0.4, 0.5) is 21.6 Å². The number of halogens is 1. The summed E-state index contributed by atoms with van der Waals surface area (Å²) in [5, 5.41) is 6.89. The second-order valence-electron chi connectivity index (χ2n) is 5.90. The second-order valence-corrected chi connectivity index (χ2v) is 5.90.